The molecule has 0 fully saturated rings. The van der Waals surface area contributed by atoms with Crippen LogP contribution in [0.4, 0.5) is 0 Å². The topological polar surface area (TPSA) is 81.2 Å². The molecule has 3 aromatic rings. The van der Waals surface area contributed by atoms with Gasteiger partial charge in [0.05, 0.1) is 23.5 Å². The molecule has 2 heterocycles. The van der Waals surface area contributed by atoms with Gasteiger partial charge in [-0.25, -0.2) is 4.98 Å². The van der Waals surface area contributed by atoms with Crippen LogP contribution >= 0.6 is 0 Å². The summed E-state index contributed by atoms with van der Waals surface area (Å²) in [6, 6.07) is 13.8. The highest BCUT2D eigenvalue weighted by atomic mass is 16.3. The predicted octanol–water partition coefficient (Wildman–Crippen LogP) is 1.71. The van der Waals surface area contributed by atoms with Crippen LogP contribution in [0.15, 0.2) is 48.8 Å². The third kappa shape index (κ3) is 3.61. The highest BCUT2D eigenvalue weighted by molar-refractivity contribution is 5.97. The molecule has 6 heteroatoms. The van der Waals surface area contributed by atoms with Crippen molar-refractivity contribution in [3.8, 4) is 0 Å². The van der Waals surface area contributed by atoms with Crippen LogP contribution in [0.3, 0.4) is 0 Å². The van der Waals surface area contributed by atoms with E-state index in [0.29, 0.717) is 12.1 Å². The number of aliphatic hydroxyl groups excluding tert-OH is 1. The Hall–Kier alpha value is -2.70. The average Bonchev–Trinajstić information content (AvgIpc) is 3.14. The number of rotatable bonds is 5. The summed E-state index contributed by atoms with van der Waals surface area (Å²) in [7, 11) is 0. The second-order valence-electron chi connectivity index (χ2n) is 6.75. The van der Waals surface area contributed by atoms with Crippen LogP contribution in [-0.2, 0) is 13.0 Å². The van der Waals surface area contributed by atoms with Crippen LogP contribution in [-0.4, -0.2) is 51.6 Å². The Labute approximate surface area is 151 Å². The number of carbonyl (C=O) groups excluding carboxylic acids is 1. The van der Waals surface area contributed by atoms with Crippen molar-refractivity contribution >= 4 is 16.9 Å². The Bertz CT molecular complexity index is 921. The number of amides is 1. The summed E-state index contributed by atoms with van der Waals surface area (Å²) in [5.41, 5.74) is 4.91. The number of aliphatic hydroxyl groups is 1. The van der Waals surface area contributed by atoms with E-state index in [1.54, 1.807) is 18.5 Å². The van der Waals surface area contributed by atoms with Crippen molar-refractivity contribution in [1.82, 2.24) is 20.2 Å². The molecule has 1 aliphatic rings. The summed E-state index contributed by atoms with van der Waals surface area (Å²) in [5, 5.41) is 13.1. The number of β-amino-alcohol motifs (C(OH)–C–C–N with tert-alkyl or cyclic N) is 1. The summed E-state index contributed by atoms with van der Waals surface area (Å²) < 4.78 is 0. The molecule has 0 radical (unpaired) electrons. The number of H-pyrrole nitrogens is 1. The second kappa shape index (κ2) is 7.27. The fourth-order valence-electron chi connectivity index (χ4n) is 3.46. The highest BCUT2D eigenvalue weighted by Crippen LogP contribution is 2.18. The van der Waals surface area contributed by atoms with Crippen molar-refractivity contribution in [1.29, 1.82) is 0 Å². The molecule has 26 heavy (non-hydrogen) atoms. The summed E-state index contributed by atoms with van der Waals surface area (Å²) in [6.45, 7) is 2.55. The standard InChI is InChI=1S/C20H22N4O2/c25-17(12-24-8-7-14-3-1-2-4-16(14)11-24)10-21-20(26)15-5-6-18-19(9-15)23-13-22-18/h1-6,9,13,17,25H,7-8,10-12H2,(H,21,26)(H,22,23). The number of nitrogens with one attached hydrogen (secondary N) is 2. The molecular weight excluding hydrogens is 328 g/mol. The molecule has 3 N–H and O–H groups in total. The molecule has 0 saturated carbocycles. The SMILES string of the molecule is O=C(NCC(O)CN1CCc2ccccc2C1)c1ccc2[nH]cnc2c1. The monoisotopic (exact) mass is 350 g/mol. The van der Waals surface area contributed by atoms with Crippen molar-refractivity contribution < 1.29 is 9.90 Å². The number of benzene rings is 2. The molecular formula is C20H22N4O2. The fraction of sp³-hybridized carbons (Fsp3) is 0.300. The van der Waals surface area contributed by atoms with E-state index in [1.165, 1.54) is 11.1 Å². The van der Waals surface area contributed by atoms with E-state index in [2.05, 4.69) is 44.5 Å². The van der Waals surface area contributed by atoms with Gasteiger partial charge in [0.25, 0.3) is 5.91 Å². The molecule has 1 aliphatic heterocycles. The Morgan fingerprint density at radius 2 is 2.12 bits per heavy atom. The quantitative estimate of drug-likeness (QED) is 0.654. The van der Waals surface area contributed by atoms with E-state index in [4.69, 9.17) is 0 Å². The number of fused-ring (bicyclic) bond motifs is 2. The number of aromatic nitrogens is 2. The first-order valence-electron chi connectivity index (χ1n) is 8.87. The molecule has 1 unspecified atom stereocenters. The molecule has 134 valence electrons. The minimum Gasteiger partial charge on any atom is -0.390 e. The summed E-state index contributed by atoms with van der Waals surface area (Å²) in [4.78, 5) is 21.7. The molecule has 1 aromatic heterocycles. The lowest BCUT2D eigenvalue weighted by Crippen LogP contribution is -2.42. The van der Waals surface area contributed by atoms with Crippen LogP contribution in [0.2, 0.25) is 0 Å². The normalized spacial score (nSPS) is 15.6. The summed E-state index contributed by atoms with van der Waals surface area (Å²) in [6.07, 6.45) is 2.00. The zero-order valence-corrected chi connectivity index (χ0v) is 14.5. The summed E-state index contributed by atoms with van der Waals surface area (Å²) >= 11 is 0. The van der Waals surface area contributed by atoms with E-state index in [9.17, 15) is 9.90 Å². The number of carbonyl (C=O) groups is 1. The van der Waals surface area contributed by atoms with Crippen molar-refractivity contribution in [2.45, 2.75) is 19.1 Å². The Balaban J connectivity index is 1.30. The highest BCUT2D eigenvalue weighted by Gasteiger charge is 2.19. The third-order valence-corrected chi connectivity index (χ3v) is 4.86. The van der Waals surface area contributed by atoms with Gasteiger partial charge in [-0.1, -0.05) is 24.3 Å². The van der Waals surface area contributed by atoms with E-state index in [0.717, 1.165) is 30.5 Å². The fourth-order valence-corrected chi connectivity index (χ4v) is 3.46. The van der Waals surface area contributed by atoms with E-state index in [-0.39, 0.29) is 12.5 Å². The van der Waals surface area contributed by atoms with Crippen molar-refractivity contribution in [2.75, 3.05) is 19.6 Å². The minimum absolute atomic E-state index is 0.196. The molecule has 0 spiro atoms. The lowest BCUT2D eigenvalue weighted by molar-refractivity contribution is 0.0842. The molecule has 0 aliphatic carbocycles. The molecule has 6 nitrogen and oxygen atoms in total. The van der Waals surface area contributed by atoms with Crippen LogP contribution in [0.1, 0.15) is 21.5 Å². The van der Waals surface area contributed by atoms with Crippen LogP contribution in [0.5, 0.6) is 0 Å². The lowest BCUT2D eigenvalue weighted by Gasteiger charge is -2.30. The third-order valence-electron chi connectivity index (χ3n) is 4.86. The van der Waals surface area contributed by atoms with Gasteiger partial charge in [0.1, 0.15) is 0 Å². The molecule has 0 bridgehead atoms. The maximum absolute atomic E-state index is 12.3. The first-order valence-corrected chi connectivity index (χ1v) is 8.87. The smallest absolute Gasteiger partial charge is 0.251 e. The molecule has 0 saturated heterocycles. The number of hydrogen-bond donors (Lipinski definition) is 3. The van der Waals surface area contributed by atoms with Crippen LogP contribution < -0.4 is 5.32 Å². The number of hydrogen-bond acceptors (Lipinski definition) is 4. The zero-order valence-electron chi connectivity index (χ0n) is 14.5. The minimum atomic E-state index is -0.599. The average molecular weight is 350 g/mol. The zero-order chi connectivity index (χ0) is 17.9. The molecule has 1 amide bonds. The van der Waals surface area contributed by atoms with E-state index >= 15 is 0 Å². The second-order valence-corrected chi connectivity index (χ2v) is 6.75. The van der Waals surface area contributed by atoms with E-state index in [1.807, 2.05) is 6.07 Å². The van der Waals surface area contributed by atoms with Crippen molar-refractivity contribution in [3.05, 3.63) is 65.5 Å². The van der Waals surface area contributed by atoms with E-state index < -0.39 is 6.10 Å². The van der Waals surface area contributed by atoms with Crippen LogP contribution in [0, 0.1) is 0 Å². The van der Waals surface area contributed by atoms with Gasteiger partial charge in [0, 0.05) is 31.7 Å². The number of imidazole rings is 1. The summed E-state index contributed by atoms with van der Waals surface area (Å²) in [5.74, 6) is -0.196. The number of nitrogens with zero attached hydrogens (tertiary/aromatic N) is 2. The predicted molar refractivity (Wildman–Crippen MR) is 99.9 cm³/mol. The first kappa shape index (κ1) is 16.8. The Kier molecular flexibility index (Phi) is 4.69. The van der Waals surface area contributed by atoms with Gasteiger partial charge >= 0.3 is 0 Å². The van der Waals surface area contributed by atoms with Gasteiger partial charge in [-0.15, -0.1) is 0 Å². The first-order chi connectivity index (χ1) is 12.7. The largest absolute Gasteiger partial charge is 0.390 e. The van der Waals surface area contributed by atoms with Gasteiger partial charge in [-0.2, -0.15) is 0 Å². The van der Waals surface area contributed by atoms with Gasteiger partial charge < -0.3 is 15.4 Å². The van der Waals surface area contributed by atoms with Crippen LogP contribution in [0.25, 0.3) is 11.0 Å². The Morgan fingerprint density at radius 1 is 1.27 bits per heavy atom. The van der Waals surface area contributed by atoms with Gasteiger partial charge in [0.15, 0.2) is 0 Å². The molecule has 2 aromatic carbocycles. The van der Waals surface area contributed by atoms with Crippen molar-refractivity contribution in [3.63, 3.8) is 0 Å². The Morgan fingerprint density at radius 3 is 3.00 bits per heavy atom. The van der Waals surface area contributed by atoms with Gasteiger partial charge in [0.2, 0.25) is 0 Å². The maximum atomic E-state index is 12.3. The van der Waals surface area contributed by atoms with Gasteiger partial charge in [-0.3, -0.25) is 9.69 Å². The number of aromatic amines is 1. The van der Waals surface area contributed by atoms with Gasteiger partial charge in [-0.05, 0) is 35.7 Å². The lowest BCUT2D eigenvalue weighted by atomic mass is 10.00. The molecule has 1 atom stereocenters. The molecule has 4 rings (SSSR count). The maximum Gasteiger partial charge on any atom is 0.251 e. The van der Waals surface area contributed by atoms with Crippen molar-refractivity contribution in [2.24, 2.45) is 0 Å².